The molecular weight excluding hydrogens is 248 g/mol. The van der Waals surface area contributed by atoms with Crippen molar-refractivity contribution in [2.45, 2.75) is 0 Å². The maximum absolute atomic E-state index is 11.8. The summed E-state index contributed by atoms with van der Waals surface area (Å²) >= 11 is 0. The van der Waals surface area contributed by atoms with E-state index in [-0.39, 0.29) is 11.3 Å². The Labute approximate surface area is 108 Å². The second-order valence-electron chi connectivity index (χ2n) is 3.72. The van der Waals surface area contributed by atoms with Crippen LogP contribution < -0.4 is 21.3 Å². The summed E-state index contributed by atoms with van der Waals surface area (Å²) in [6.07, 6.45) is 0. The fraction of sp³-hybridized carbons (Fsp3) is 0.0833. The third kappa shape index (κ3) is 2.89. The van der Waals surface area contributed by atoms with Gasteiger partial charge < -0.3 is 15.8 Å². The zero-order chi connectivity index (χ0) is 13.8. The number of hydrogen-bond acceptors (Lipinski definition) is 5. The predicted molar refractivity (Wildman–Crippen MR) is 70.2 cm³/mol. The average molecular weight is 260 g/mol. The molecule has 0 spiro atoms. The highest BCUT2D eigenvalue weighted by Crippen LogP contribution is 2.25. The third-order valence-electron chi connectivity index (χ3n) is 2.40. The van der Waals surface area contributed by atoms with Crippen LogP contribution in [0.2, 0.25) is 0 Å². The van der Waals surface area contributed by atoms with Crippen molar-refractivity contribution >= 4 is 17.3 Å². The number of nitrogens with one attached hydrogen (secondary N) is 2. The SMILES string of the molecule is COc1cc(NC(=O)c2ccc(=O)[nH]n2)ccc1N. The maximum Gasteiger partial charge on any atom is 0.276 e. The van der Waals surface area contributed by atoms with Crippen molar-refractivity contribution in [1.29, 1.82) is 0 Å². The molecule has 0 aliphatic rings. The van der Waals surface area contributed by atoms with Gasteiger partial charge in [0.25, 0.3) is 11.5 Å². The van der Waals surface area contributed by atoms with E-state index in [1.165, 1.54) is 19.2 Å². The number of aromatic amines is 1. The normalized spacial score (nSPS) is 9.95. The van der Waals surface area contributed by atoms with Crippen molar-refractivity contribution < 1.29 is 9.53 Å². The van der Waals surface area contributed by atoms with Crippen LogP contribution in [0.25, 0.3) is 0 Å². The molecule has 98 valence electrons. The summed E-state index contributed by atoms with van der Waals surface area (Å²) in [6.45, 7) is 0. The Morgan fingerprint density at radius 1 is 1.37 bits per heavy atom. The molecule has 2 rings (SSSR count). The van der Waals surface area contributed by atoms with Gasteiger partial charge in [0.2, 0.25) is 0 Å². The highest BCUT2D eigenvalue weighted by Gasteiger charge is 2.09. The van der Waals surface area contributed by atoms with Crippen molar-refractivity contribution in [1.82, 2.24) is 10.2 Å². The van der Waals surface area contributed by atoms with Gasteiger partial charge >= 0.3 is 0 Å². The molecule has 0 atom stereocenters. The summed E-state index contributed by atoms with van der Waals surface area (Å²) in [7, 11) is 1.49. The highest BCUT2D eigenvalue weighted by molar-refractivity contribution is 6.02. The molecule has 1 aromatic heterocycles. The first-order valence-corrected chi connectivity index (χ1v) is 5.41. The van der Waals surface area contributed by atoms with E-state index < -0.39 is 5.91 Å². The second kappa shape index (κ2) is 5.21. The van der Waals surface area contributed by atoms with Crippen LogP contribution in [0.5, 0.6) is 5.75 Å². The molecule has 0 radical (unpaired) electrons. The number of carbonyl (C=O) groups excluding carboxylic acids is 1. The first-order chi connectivity index (χ1) is 9.10. The van der Waals surface area contributed by atoms with Crippen LogP contribution in [-0.4, -0.2) is 23.2 Å². The number of nitrogens with two attached hydrogens (primary N) is 1. The highest BCUT2D eigenvalue weighted by atomic mass is 16.5. The Hall–Kier alpha value is -2.83. The summed E-state index contributed by atoms with van der Waals surface area (Å²) < 4.78 is 5.05. The van der Waals surface area contributed by atoms with E-state index in [1.54, 1.807) is 18.2 Å². The van der Waals surface area contributed by atoms with E-state index in [0.29, 0.717) is 17.1 Å². The number of nitrogens with zero attached hydrogens (tertiary/aromatic N) is 1. The number of nitrogen functional groups attached to an aromatic ring is 1. The Balaban J connectivity index is 2.19. The van der Waals surface area contributed by atoms with Crippen LogP contribution in [0.1, 0.15) is 10.5 Å². The number of anilines is 2. The number of amides is 1. The molecule has 1 aromatic carbocycles. The monoisotopic (exact) mass is 260 g/mol. The Bertz CT molecular complexity index is 646. The third-order valence-corrected chi connectivity index (χ3v) is 2.40. The summed E-state index contributed by atoms with van der Waals surface area (Å²) in [6, 6.07) is 7.42. The largest absolute Gasteiger partial charge is 0.495 e. The van der Waals surface area contributed by atoms with Gasteiger partial charge in [0.1, 0.15) is 11.4 Å². The number of methoxy groups -OCH3 is 1. The average Bonchev–Trinajstić information content (AvgIpc) is 2.41. The minimum absolute atomic E-state index is 0.107. The number of benzene rings is 1. The van der Waals surface area contributed by atoms with Crippen LogP contribution in [0, 0.1) is 0 Å². The lowest BCUT2D eigenvalue weighted by atomic mass is 10.2. The number of rotatable bonds is 3. The lowest BCUT2D eigenvalue weighted by Crippen LogP contribution is -2.17. The molecule has 0 fully saturated rings. The lowest BCUT2D eigenvalue weighted by molar-refractivity contribution is 0.102. The topological polar surface area (TPSA) is 110 Å². The first kappa shape index (κ1) is 12.6. The molecule has 1 heterocycles. The summed E-state index contributed by atoms with van der Waals surface area (Å²) in [5, 5.41) is 8.44. The molecule has 7 nitrogen and oxygen atoms in total. The number of carbonyl (C=O) groups is 1. The van der Waals surface area contributed by atoms with Crippen molar-refractivity contribution in [3.63, 3.8) is 0 Å². The number of hydrogen-bond donors (Lipinski definition) is 3. The van der Waals surface area contributed by atoms with Crippen LogP contribution in [0.15, 0.2) is 35.1 Å². The minimum Gasteiger partial charge on any atom is -0.495 e. The van der Waals surface area contributed by atoms with Gasteiger partial charge in [-0.25, -0.2) is 5.10 Å². The maximum atomic E-state index is 11.8. The van der Waals surface area contributed by atoms with Crippen LogP contribution >= 0.6 is 0 Å². The van der Waals surface area contributed by atoms with Gasteiger partial charge in [-0.1, -0.05) is 0 Å². The minimum atomic E-state index is -0.442. The van der Waals surface area contributed by atoms with Gasteiger partial charge in [0, 0.05) is 17.8 Å². The van der Waals surface area contributed by atoms with Gasteiger partial charge in [-0.05, 0) is 18.2 Å². The molecule has 0 aliphatic heterocycles. The smallest absolute Gasteiger partial charge is 0.276 e. The number of aromatic nitrogens is 2. The number of ether oxygens (including phenoxy) is 1. The van der Waals surface area contributed by atoms with Gasteiger partial charge in [-0.2, -0.15) is 5.10 Å². The summed E-state index contributed by atoms with van der Waals surface area (Å²) in [5.41, 5.74) is 6.40. The predicted octanol–water partition coefficient (Wildman–Crippen LogP) is 0.613. The van der Waals surface area contributed by atoms with E-state index in [0.717, 1.165) is 0 Å². The van der Waals surface area contributed by atoms with Crippen molar-refractivity contribution in [3.05, 3.63) is 46.4 Å². The van der Waals surface area contributed by atoms with E-state index in [9.17, 15) is 9.59 Å². The lowest BCUT2D eigenvalue weighted by Gasteiger charge is -2.08. The number of H-pyrrole nitrogens is 1. The van der Waals surface area contributed by atoms with Crippen LogP contribution in [0.3, 0.4) is 0 Å². The molecule has 0 aliphatic carbocycles. The molecule has 0 saturated heterocycles. The van der Waals surface area contributed by atoms with Gasteiger partial charge in [0.05, 0.1) is 12.8 Å². The van der Waals surface area contributed by atoms with Gasteiger partial charge in [-0.3, -0.25) is 9.59 Å². The standard InChI is InChI=1S/C12H12N4O3/c1-19-10-6-7(2-3-8(10)13)14-12(18)9-4-5-11(17)16-15-9/h2-6H,13H2,1H3,(H,14,18)(H,16,17). The molecule has 0 bridgehead atoms. The van der Waals surface area contributed by atoms with Crippen LogP contribution in [0.4, 0.5) is 11.4 Å². The molecule has 0 saturated carbocycles. The first-order valence-electron chi connectivity index (χ1n) is 5.41. The fourth-order valence-corrected chi connectivity index (χ4v) is 1.45. The van der Waals surface area contributed by atoms with Crippen molar-refractivity contribution in [3.8, 4) is 5.75 Å². The summed E-state index contributed by atoms with van der Waals surface area (Å²) in [5.74, 6) is 0.0234. The van der Waals surface area contributed by atoms with Crippen LogP contribution in [-0.2, 0) is 0 Å². The molecule has 7 heteroatoms. The molecule has 2 aromatic rings. The summed E-state index contributed by atoms with van der Waals surface area (Å²) in [4.78, 5) is 22.7. The van der Waals surface area contributed by atoms with Crippen molar-refractivity contribution in [2.75, 3.05) is 18.2 Å². The zero-order valence-corrected chi connectivity index (χ0v) is 10.1. The molecular formula is C12H12N4O3. The molecule has 19 heavy (non-hydrogen) atoms. The van der Waals surface area contributed by atoms with E-state index >= 15 is 0 Å². The quantitative estimate of drug-likeness (QED) is 0.700. The van der Waals surface area contributed by atoms with Gasteiger partial charge in [0.15, 0.2) is 0 Å². The van der Waals surface area contributed by atoms with Gasteiger partial charge in [-0.15, -0.1) is 0 Å². The van der Waals surface area contributed by atoms with E-state index in [2.05, 4.69) is 15.5 Å². The van der Waals surface area contributed by atoms with E-state index in [1.807, 2.05) is 0 Å². The zero-order valence-electron chi connectivity index (χ0n) is 10.1. The molecule has 4 N–H and O–H groups in total. The Morgan fingerprint density at radius 2 is 2.16 bits per heavy atom. The Kier molecular flexibility index (Phi) is 3.46. The van der Waals surface area contributed by atoms with E-state index in [4.69, 9.17) is 10.5 Å². The van der Waals surface area contributed by atoms with Crippen molar-refractivity contribution in [2.24, 2.45) is 0 Å². The second-order valence-corrected chi connectivity index (χ2v) is 3.72. The fourth-order valence-electron chi connectivity index (χ4n) is 1.45. The Morgan fingerprint density at radius 3 is 2.79 bits per heavy atom. The molecule has 1 amide bonds. The molecule has 0 unspecified atom stereocenters.